The van der Waals surface area contributed by atoms with Crippen LogP contribution in [-0.4, -0.2) is 11.6 Å². The fraction of sp³-hybridized carbons (Fsp3) is 0.700. The Bertz CT molecular complexity index is 169. The summed E-state index contributed by atoms with van der Waals surface area (Å²) in [6.07, 6.45) is 2.06. The number of hydrogen-bond acceptors (Lipinski definition) is 2. The van der Waals surface area contributed by atoms with E-state index in [2.05, 4.69) is 20.4 Å². The summed E-state index contributed by atoms with van der Waals surface area (Å²) in [5, 5.41) is 0. The third-order valence-corrected chi connectivity index (χ3v) is 1.44. The molecule has 0 aliphatic heterocycles. The number of esters is 1. The van der Waals surface area contributed by atoms with Crippen molar-refractivity contribution in [2.75, 3.05) is 0 Å². The van der Waals surface area contributed by atoms with Crippen molar-refractivity contribution in [1.82, 2.24) is 0 Å². The lowest BCUT2D eigenvalue weighted by Crippen LogP contribution is -2.28. The molecular weight excluding hydrogens is 152 g/mol. The quantitative estimate of drug-likeness (QED) is 0.478. The molecule has 0 saturated carbocycles. The fourth-order valence-electron chi connectivity index (χ4n) is 1.34. The maximum atomic E-state index is 10.9. The van der Waals surface area contributed by atoms with Gasteiger partial charge >= 0.3 is 5.97 Å². The molecule has 0 rings (SSSR count). The second-order valence-corrected chi connectivity index (χ2v) is 3.98. The molecule has 0 aromatic carbocycles. The van der Waals surface area contributed by atoms with Gasteiger partial charge in [0.15, 0.2) is 0 Å². The zero-order valence-corrected chi connectivity index (χ0v) is 8.39. The van der Waals surface area contributed by atoms with Gasteiger partial charge in [0, 0.05) is 6.08 Å². The summed E-state index contributed by atoms with van der Waals surface area (Å²) in [6, 6.07) is 0. The zero-order chi connectivity index (χ0) is 9.78. The molecule has 0 atom stereocenters. The first-order chi connectivity index (χ1) is 5.37. The Morgan fingerprint density at radius 2 is 2.08 bits per heavy atom. The molecule has 0 unspecified atom stereocenters. The average molecular weight is 170 g/mol. The molecule has 0 fully saturated rings. The number of ether oxygens (including phenoxy) is 1. The number of carbonyl (C=O) groups excluding carboxylic acids is 1. The second kappa shape index (κ2) is 4.29. The molecule has 2 nitrogen and oxygen atoms in total. The number of rotatable bonds is 4. The van der Waals surface area contributed by atoms with Crippen molar-refractivity contribution in [3.63, 3.8) is 0 Å². The average Bonchev–Trinajstić information content (AvgIpc) is 1.83. The molecule has 0 aromatic rings. The molecule has 0 N–H and O–H groups in total. The van der Waals surface area contributed by atoms with Crippen LogP contribution in [0.3, 0.4) is 0 Å². The van der Waals surface area contributed by atoms with Crippen molar-refractivity contribution in [3.8, 4) is 0 Å². The Labute approximate surface area is 74.6 Å². The largest absolute Gasteiger partial charge is 0.457 e. The lowest BCUT2D eigenvalue weighted by Gasteiger charge is -2.26. The van der Waals surface area contributed by atoms with Crippen molar-refractivity contribution >= 4 is 5.97 Å². The van der Waals surface area contributed by atoms with Crippen LogP contribution >= 0.6 is 0 Å². The van der Waals surface area contributed by atoms with Gasteiger partial charge in [-0.2, -0.15) is 0 Å². The summed E-state index contributed by atoms with van der Waals surface area (Å²) in [5.41, 5.74) is -0.376. The standard InChI is InChI=1S/C10H18O2/c1-6-9(11)12-10(4,5)7-8(2)3/h6,8H,1,7H2,2-5H3. The minimum atomic E-state index is -0.376. The third kappa shape index (κ3) is 4.94. The lowest BCUT2D eigenvalue weighted by atomic mass is 9.96. The van der Waals surface area contributed by atoms with E-state index in [1.165, 1.54) is 6.08 Å². The van der Waals surface area contributed by atoms with Gasteiger partial charge in [0.25, 0.3) is 0 Å². The van der Waals surface area contributed by atoms with Crippen molar-refractivity contribution in [2.24, 2.45) is 5.92 Å². The Morgan fingerprint density at radius 1 is 1.58 bits per heavy atom. The van der Waals surface area contributed by atoms with Crippen LogP contribution in [0.5, 0.6) is 0 Å². The number of hydrogen-bond donors (Lipinski definition) is 0. The van der Waals surface area contributed by atoms with E-state index in [1.54, 1.807) is 0 Å². The summed E-state index contributed by atoms with van der Waals surface area (Å²) in [7, 11) is 0. The third-order valence-electron chi connectivity index (χ3n) is 1.44. The van der Waals surface area contributed by atoms with Crippen molar-refractivity contribution in [1.29, 1.82) is 0 Å². The minimum absolute atomic E-state index is 0.347. The zero-order valence-electron chi connectivity index (χ0n) is 8.39. The van der Waals surface area contributed by atoms with Gasteiger partial charge in [0.05, 0.1) is 0 Å². The monoisotopic (exact) mass is 170 g/mol. The molecular formula is C10H18O2. The van der Waals surface area contributed by atoms with Crippen LogP contribution in [0, 0.1) is 5.92 Å². The normalized spacial score (nSPS) is 11.4. The Kier molecular flexibility index (Phi) is 4.01. The molecule has 0 bridgehead atoms. The fourth-order valence-corrected chi connectivity index (χ4v) is 1.34. The maximum Gasteiger partial charge on any atom is 0.330 e. The second-order valence-electron chi connectivity index (χ2n) is 3.98. The SMILES string of the molecule is C=CC(=O)OC(C)(C)CC(C)C. The Balaban J connectivity index is 4.02. The first-order valence-electron chi connectivity index (χ1n) is 4.23. The van der Waals surface area contributed by atoms with Crippen LogP contribution in [0.2, 0.25) is 0 Å². The molecule has 0 heterocycles. The minimum Gasteiger partial charge on any atom is -0.457 e. The van der Waals surface area contributed by atoms with Gasteiger partial charge in [-0.05, 0) is 26.2 Å². The molecule has 0 saturated heterocycles. The van der Waals surface area contributed by atoms with E-state index in [4.69, 9.17) is 4.74 Å². The Hall–Kier alpha value is -0.790. The van der Waals surface area contributed by atoms with Crippen LogP contribution in [0.1, 0.15) is 34.1 Å². The van der Waals surface area contributed by atoms with E-state index in [0.29, 0.717) is 5.92 Å². The topological polar surface area (TPSA) is 26.3 Å². The van der Waals surface area contributed by atoms with E-state index in [-0.39, 0.29) is 11.6 Å². The van der Waals surface area contributed by atoms with E-state index in [0.717, 1.165) is 6.42 Å². The highest BCUT2D eigenvalue weighted by atomic mass is 16.6. The predicted molar refractivity (Wildman–Crippen MR) is 49.8 cm³/mol. The molecule has 0 spiro atoms. The van der Waals surface area contributed by atoms with E-state index in [9.17, 15) is 4.79 Å². The maximum absolute atomic E-state index is 10.9. The highest BCUT2D eigenvalue weighted by Gasteiger charge is 2.22. The molecule has 12 heavy (non-hydrogen) atoms. The van der Waals surface area contributed by atoms with Gasteiger partial charge in [0.2, 0.25) is 0 Å². The van der Waals surface area contributed by atoms with Gasteiger partial charge in [-0.25, -0.2) is 4.79 Å². The van der Waals surface area contributed by atoms with Crippen LogP contribution in [0.4, 0.5) is 0 Å². The van der Waals surface area contributed by atoms with Crippen LogP contribution in [0.15, 0.2) is 12.7 Å². The smallest absolute Gasteiger partial charge is 0.330 e. The summed E-state index contributed by atoms with van der Waals surface area (Å²) in [6.45, 7) is 11.4. The van der Waals surface area contributed by atoms with E-state index < -0.39 is 0 Å². The van der Waals surface area contributed by atoms with Gasteiger partial charge in [-0.3, -0.25) is 0 Å². The predicted octanol–water partition coefficient (Wildman–Crippen LogP) is 2.54. The highest BCUT2D eigenvalue weighted by Crippen LogP contribution is 2.20. The molecule has 0 amide bonds. The van der Waals surface area contributed by atoms with Crippen LogP contribution in [0.25, 0.3) is 0 Å². The first-order valence-corrected chi connectivity index (χ1v) is 4.23. The molecule has 0 aliphatic carbocycles. The van der Waals surface area contributed by atoms with Gasteiger partial charge in [-0.15, -0.1) is 0 Å². The van der Waals surface area contributed by atoms with Gasteiger partial charge in [-0.1, -0.05) is 20.4 Å². The summed E-state index contributed by atoms with van der Waals surface area (Å²) in [5.74, 6) is 0.179. The lowest BCUT2D eigenvalue weighted by molar-refractivity contribution is -0.151. The van der Waals surface area contributed by atoms with Crippen molar-refractivity contribution < 1.29 is 9.53 Å². The number of carbonyl (C=O) groups is 1. The van der Waals surface area contributed by atoms with Crippen LogP contribution < -0.4 is 0 Å². The van der Waals surface area contributed by atoms with Gasteiger partial charge in [0.1, 0.15) is 5.60 Å². The molecule has 0 radical (unpaired) electrons. The summed E-state index contributed by atoms with van der Waals surface area (Å²) >= 11 is 0. The summed E-state index contributed by atoms with van der Waals surface area (Å²) in [4.78, 5) is 10.9. The molecule has 0 aromatic heterocycles. The van der Waals surface area contributed by atoms with E-state index in [1.807, 2.05) is 13.8 Å². The van der Waals surface area contributed by atoms with Crippen molar-refractivity contribution in [3.05, 3.63) is 12.7 Å². The molecule has 2 heteroatoms. The van der Waals surface area contributed by atoms with Crippen LogP contribution in [-0.2, 0) is 9.53 Å². The first kappa shape index (κ1) is 11.2. The Morgan fingerprint density at radius 3 is 2.42 bits per heavy atom. The molecule has 0 aliphatic rings. The summed E-state index contributed by atoms with van der Waals surface area (Å²) < 4.78 is 5.14. The van der Waals surface area contributed by atoms with E-state index >= 15 is 0 Å². The van der Waals surface area contributed by atoms with Crippen molar-refractivity contribution in [2.45, 2.75) is 39.7 Å². The van der Waals surface area contributed by atoms with Gasteiger partial charge < -0.3 is 4.74 Å². The molecule has 70 valence electrons. The highest BCUT2D eigenvalue weighted by molar-refractivity contribution is 5.81.